The van der Waals surface area contributed by atoms with Gasteiger partial charge in [0.25, 0.3) is 0 Å². The Bertz CT molecular complexity index is 702. The number of carbonyl (C=O) groups is 1. The van der Waals surface area contributed by atoms with Crippen molar-refractivity contribution in [2.75, 3.05) is 19.8 Å². The minimum atomic E-state index is -0.0433. The van der Waals surface area contributed by atoms with Gasteiger partial charge >= 0.3 is 0 Å². The summed E-state index contributed by atoms with van der Waals surface area (Å²) in [5.74, 6) is 1.61. The summed E-state index contributed by atoms with van der Waals surface area (Å²) >= 11 is 5.83. The lowest BCUT2D eigenvalue weighted by Crippen LogP contribution is -2.39. The van der Waals surface area contributed by atoms with Gasteiger partial charge in [-0.1, -0.05) is 23.7 Å². The van der Waals surface area contributed by atoms with E-state index in [9.17, 15) is 4.79 Å². The summed E-state index contributed by atoms with van der Waals surface area (Å²) in [6.45, 7) is 2.35. The summed E-state index contributed by atoms with van der Waals surface area (Å²) in [5.41, 5.74) is 1.04. The van der Waals surface area contributed by atoms with Crippen LogP contribution in [0.5, 0.6) is 11.5 Å². The van der Waals surface area contributed by atoms with E-state index in [0.717, 1.165) is 36.4 Å². The van der Waals surface area contributed by atoms with Crippen molar-refractivity contribution in [2.45, 2.75) is 25.4 Å². The molecule has 0 aromatic heterocycles. The van der Waals surface area contributed by atoms with Crippen LogP contribution in [0.1, 0.15) is 18.4 Å². The second kappa shape index (κ2) is 11.0. The molecule has 1 aliphatic heterocycles. The van der Waals surface area contributed by atoms with E-state index in [4.69, 9.17) is 21.1 Å². The molecular formula is C20H24Cl2N2O3. The topological polar surface area (TPSA) is 59.6 Å². The predicted molar refractivity (Wildman–Crippen MR) is 109 cm³/mol. The first-order chi connectivity index (χ1) is 12.7. The van der Waals surface area contributed by atoms with Crippen molar-refractivity contribution in [3.05, 3.63) is 59.1 Å². The van der Waals surface area contributed by atoms with Crippen LogP contribution in [0, 0.1) is 0 Å². The summed E-state index contributed by atoms with van der Waals surface area (Å²) in [6, 6.07) is 14.9. The summed E-state index contributed by atoms with van der Waals surface area (Å²) in [6.07, 6.45) is 1.97. The highest BCUT2D eigenvalue weighted by Gasteiger charge is 2.21. The highest BCUT2D eigenvalue weighted by Crippen LogP contribution is 2.16. The lowest BCUT2D eigenvalue weighted by atomic mass is 10.2. The second-order valence-electron chi connectivity index (χ2n) is 6.16. The second-order valence-corrected chi connectivity index (χ2v) is 6.60. The first-order valence-corrected chi connectivity index (χ1v) is 9.20. The van der Waals surface area contributed by atoms with Gasteiger partial charge in [-0.15, -0.1) is 12.4 Å². The van der Waals surface area contributed by atoms with E-state index in [0.29, 0.717) is 24.8 Å². The van der Waals surface area contributed by atoms with Crippen LogP contribution in [0.4, 0.5) is 0 Å². The Morgan fingerprint density at radius 3 is 2.19 bits per heavy atom. The third-order valence-corrected chi connectivity index (χ3v) is 4.45. The first kappa shape index (κ1) is 21.4. The molecule has 1 heterocycles. The zero-order valence-corrected chi connectivity index (χ0v) is 16.5. The third-order valence-electron chi connectivity index (χ3n) is 4.20. The van der Waals surface area contributed by atoms with Gasteiger partial charge in [-0.3, -0.25) is 4.79 Å². The fourth-order valence-electron chi connectivity index (χ4n) is 2.77. The molecule has 1 amide bonds. The molecular weight excluding hydrogens is 387 g/mol. The molecule has 146 valence electrons. The van der Waals surface area contributed by atoms with Crippen LogP contribution in [0.15, 0.2) is 48.5 Å². The molecule has 0 bridgehead atoms. The van der Waals surface area contributed by atoms with Gasteiger partial charge in [0.05, 0.1) is 6.04 Å². The number of ether oxygens (including phenoxy) is 2. The van der Waals surface area contributed by atoms with E-state index >= 15 is 0 Å². The maximum Gasteiger partial charge on any atom is 0.237 e. The average molecular weight is 411 g/mol. The first-order valence-electron chi connectivity index (χ1n) is 8.82. The minimum absolute atomic E-state index is 0. The lowest BCUT2D eigenvalue weighted by Gasteiger charge is -2.12. The number of benzene rings is 2. The number of amides is 1. The van der Waals surface area contributed by atoms with E-state index in [1.165, 1.54) is 0 Å². The SMILES string of the molecule is Cl.O=C(NCc1ccc(OCCOc2ccc(Cl)cc2)cc1)C1CCCN1. The molecule has 1 saturated heterocycles. The molecule has 5 nitrogen and oxygen atoms in total. The average Bonchev–Trinajstić information content (AvgIpc) is 3.20. The van der Waals surface area contributed by atoms with Crippen molar-refractivity contribution in [3.63, 3.8) is 0 Å². The Hall–Kier alpha value is -1.95. The smallest absolute Gasteiger partial charge is 0.237 e. The quantitative estimate of drug-likeness (QED) is 0.652. The normalized spacial score (nSPS) is 15.7. The van der Waals surface area contributed by atoms with Crippen molar-refractivity contribution in [1.29, 1.82) is 0 Å². The van der Waals surface area contributed by atoms with E-state index in [2.05, 4.69) is 10.6 Å². The summed E-state index contributed by atoms with van der Waals surface area (Å²) in [4.78, 5) is 12.0. The zero-order valence-electron chi connectivity index (χ0n) is 14.9. The zero-order chi connectivity index (χ0) is 18.2. The molecule has 0 saturated carbocycles. The van der Waals surface area contributed by atoms with Crippen LogP contribution in [-0.2, 0) is 11.3 Å². The lowest BCUT2D eigenvalue weighted by molar-refractivity contribution is -0.122. The summed E-state index contributed by atoms with van der Waals surface area (Å²) in [5, 5.41) is 6.84. The van der Waals surface area contributed by atoms with Gasteiger partial charge in [-0.2, -0.15) is 0 Å². The van der Waals surface area contributed by atoms with Gasteiger partial charge < -0.3 is 20.1 Å². The Morgan fingerprint density at radius 2 is 1.63 bits per heavy atom. The van der Waals surface area contributed by atoms with E-state index in [1.807, 2.05) is 36.4 Å². The molecule has 2 aromatic rings. The van der Waals surface area contributed by atoms with Gasteiger partial charge in [0.15, 0.2) is 0 Å². The largest absolute Gasteiger partial charge is 0.490 e. The van der Waals surface area contributed by atoms with E-state index in [-0.39, 0.29) is 24.4 Å². The van der Waals surface area contributed by atoms with E-state index in [1.54, 1.807) is 12.1 Å². The number of nitrogens with one attached hydrogen (secondary N) is 2. The van der Waals surface area contributed by atoms with Crippen LogP contribution < -0.4 is 20.1 Å². The van der Waals surface area contributed by atoms with Gasteiger partial charge in [0, 0.05) is 11.6 Å². The van der Waals surface area contributed by atoms with E-state index < -0.39 is 0 Å². The number of halogens is 2. The standard InChI is InChI=1S/C20H23ClN2O3.ClH/c21-16-5-9-18(10-6-16)26-13-12-25-17-7-3-15(4-8-17)14-23-20(24)19-2-1-11-22-19;/h3-10,19,22H,1-2,11-14H2,(H,23,24);1H. The molecule has 27 heavy (non-hydrogen) atoms. The molecule has 1 unspecified atom stereocenters. The van der Waals surface area contributed by atoms with Crippen LogP contribution in [-0.4, -0.2) is 31.7 Å². The minimum Gasteiger partial charge on any atom is -0.490 e. The molecule has 1 fully saturated rings. The molecule has 2 aromatic carbocycles. The van der Waals surface area contributed by atoms with Crippen molar-refractivity contribution < 1.29 is 14.3 Å². The predicted octanol–water partition coefficient (Wildman–Crippen LogP) is 3.59. The molecule has 2 N–H and O–H groups in total. The number of carbonyl (C=O) groups excluding carboxylic acids is 1. The number of hydrogen-bond acceptors (Lipinski definition) is 4. The van der Waals surface area contributed by atoms with Crippen molar-refractivity contribution in [1.82, 2.24) is 10.6 Å². The Kier molecular flexibility index (Phi) is 8.72. The molecule has 0 aliphatic carbocycles. The molecule has 3 rings (SSSR count). The monoisotopic (exact) mass is 410 g/mol. The van der Waals surface area contributed by atoms with Gasteiger partial charge in [-0.05, 0) is 61.3 Å². The van der Waals surface area contributed by atoms with Crippen molar-refractivity contribution >= 4 is 29.9 Å². The van der Waals surface area contributed by atoms with Gasteiger partial charge in [0.2, 0.25) is 5.91 Å². The highest BCUT2D eigenvalue weighted by atomic mass is 35.5. The Labute approximate surface area is 170 Å². The van der Waals surface area contributed by atoms with Crippen LogP contribution >= 0.6 is 24.0 Å². The van der Waals surface area contributed by atoms with Crippen molar-refractivity contribution in [3.8, 4) is 11.5 Å². The summed E-state index contributed by atoms with van der Waals surface area (Å²) in [7, 11) is 0. The highest BCUT2D eigenvalue weighted by molar-refractivity contribution is 6.30. The van der Waals surface area contributed by atoms with Crippen molar-refractivity contribution in [2.24, 2.45) is 0 Å². The number of hydrogen-bond donors (Lipinski definition) is 2. The van der Waals surface area contributed by atoms with Gasteiger partial charge in [0.1, 0.15) is 24.7 Å². The van der Waals surface area contributed by atoms with Crippen LogP contribution in [0.3, 0.4) is 0 Å². The van der Waals surface area contributed by atoms with Crippen LogP contribution in [0.25, 0.3) is 0 Å². The molecule has 1 atom stereocenters. The molecule has 1 aliphatic rings. The molecule has 0 radical (unpaired) electrons. The molecule has 0 spiro atoms. The maximum absolute atomic E-state index is 12.0. The van der Waals surface area contributed by atoms with Gasteiger partial charge in [-0.25, -0.2) is 0 Å². The number of rotatable bonds is 8. The fourth-order valence-corrected chi connectivity index (χ4v) is 2.90. The fraction of sp³-hybridized carbons (Fsp3) is 0.350. The molecule has 7 heteroatoms. The van der Waals surface area contributed by atoms with Crippen LogP contribution in [0.2, 0.25) is 5.02 Å². The third kappa shape index (κ3) is 6.94. The Morgan fingerprint density at radius 1 is 1.04 bits per heavy atom. The summed E-state index contributed by atoms with van der Waals surface area (Å²) < 4.78 is 11.2. The Balaban J connectivity index is 0.00000261. The maximum atomic E-state index is 12.0.